The van der Waals surface area contributed by atoms with Crippen LogP contribution >= 0.6 is 0 Å². The average molecular weight is 335 g/mol. The third-order valence-electron chi connectivity index (χ3n) is 2.73. The number of pyridine rings is 1. The van der Waals surface area contributed by atoms with Crippen molar-refractivity contribution in [3.05, 3.63) is 60.4 Å². The van der Waals surface area contributed by atoms with Gasteiger partial charge >= 0.3 is 0 Å². The van der Waals surface area contributed by atoms with Crippen LogP contribution in [0.5, 0.6) is 0 Å². The fraction of sp³-hybridized carbons (Fsp3) is 0.188. The standard InChI is InChI=1S/C10H12NO2.C6H6O3S/c1-8(12)7-11-6-4-3-5-10(11)9(2)13;7-10(8,9)6-4-2-1-3-5-6/h3-6H,7H2,1-2H3;1-5H,(H,7,8,9)/q+1;/p-1. The molecule has 1 heterocycles. The molecule has 0 saturated heterocycles. The van der Waals surface area contributed by atoms with Crippen molar-refractivity contribution in [3.8, 4) is 0 Å². The third kappa shape index (κ3) is 6.50. The SMILES string of the molecule is CC(=O)C[n+]1ccccc1C(C)=O.O=S(=O)([O-])c1ccccc1. The summed E-state index contributed by atoms with van der Waals surface area (Å²) in [7, 11) is -4.25. The molecule has 2 aromatic rings. The van der Waals surface area contributed by atoms with Gasteiger partial charge in [-0.15, -0.1) is 0 Å². The molecule has 0 fully saturated rings. The van der Waals surface area contributed by atoms with Gasteiger partial charge in [0.2, 0.25) is 18.0 Å². The van der Waals surface area contributed by atoms with E-state index in [2.05, 4.69) is 0 Å². The number of aromatic nitrogens is 1. The van der Waals surface area contributed by atoms with E-state index in [0.717, 1.165) is 0 Å². The smallest absolute Gasteiger partial charge is 0.248 e. The van der Waals surface area contributed by atoms with Gasteiger partial charge in [0.25, 0.3) is 0 Å². The summed E-state index contributed by atoms with van der Waals surface area (Å²) in [5.74, 6) is 0.0144. The van der Waals surface area contributed by atoms with Crippen molar-refractivity contribution in [2.45, 2.75) is 25.3 Å². The van der Waals surface area contributed by atoms with Gasteiger partial charge in [0, 0.05) is 26.0 Å². The number of benzene rings is 1. The monoisotopic (exact) mass is 335 g/mol. The normalized spacial score (nSPS) is 10.4. The van der Waals surface area contributed by atoms with Crippen molar-refractivity contribution < 1.29 is 27.1 Å². The molecule has 0 N–H and O–H groups in total. The topological polar surface area (TPSA) is 95.2 Å². The lowest BCUT2D eigenvalue weighted by atomic mass is 10.2. The highest BCUT2D eigenvalue weighted by Gasteiger charge is 2.14. The van der Waals surface area contributed by atoms with Gasteiger partial charge in [-0.2, -0.15) is 4.57 Å². The first-order valence-electron chi connectivity index (χ1n) is 6.71. The highest BCUT2D eigenvalue weighted by molar-refractivity contribution is 7.85. The predicted molar refractivity (Wildman–Crippen MR) is 81.7 cm³/mol. The summed E-state index contributed by atoms with van der Waals surface area (Å²) in [6.45, 7) is 3.26. The molecule has 6 nitrogen and oxygen atoms in total. The van der Waals surface area contributed by atoms with Crippen molar-refractivity contribution in [1.82, 2.24) is 0 Å². The number of nitrogens with zero attached hydrogens (tertiary/aromatic N) is 1. The minimum Gasteiger partial charge on any atom is -0.744 e. The fourth-order valence-electron chi connectivity index (χ4n) is 1.76. The van der Waals surface area contributed by atoms with Crippen LogP contribution in [0.2, 0.25) is 0 Å². The molecule has 0 aliphatic heterocycles. The summed E-state index contributed by atoms with van der Waals surface area (Å²) in [5, 5.41) is 0. The summed E-state index contributed by atoms with van der Waals surface area (Å²) in [5.41, 5.74) is 0.567. The number of ketones is 2. The second kappa shape index (κ2) is 8.30. The van der Waals surface area contributed by atoms with E-state index in [1.165, 1.54) is 38.1 Å². The molecule has 1 aromatic carbocycles. The summed E-state index contributed by atoms with van der Waals surface area (Å²) in [6, 6.07) is 12.5. The van der Waals surface area contributed by atoms with E-state index in [1.54, 1.807) is 35.0 Å². The molecule has 0 spiro atoms. The van der Waals surface area contributed by atoms with Crippen LogP contribution in [0.3, 0.4) is 0 Å². The number of hydrogen-bond acceptors (Lipinski definition) is 5. The maximum Gasteiger partial charge on any atom is 0.248 e. The van der Waals surface area contributed by atoms with Gasteiger partial charge in [-0.25, -0.2) is 8.42 Å². The third-order valence-corrected chi connectivity index (χ3v) is 3.58. The van der Waals surface area contributed by atoms with E-state index in [0.29, 0.717) is 5.69 Å². The Labute approximate surface area is 135 Å². The number of carbonyl (C=O) groups is 2. The molecule has 0 bridgehead atoms. The van der Waals surface area contributed by atoms with Crippen molar-refractivity contribution in [2.75, 3.05) is 0 Å². The van der Waals surface area contributed by atoms with Crippen molar-refractivity contribution in [1.29, 1.82) is 0 Å². The molecule has 0 atom stereocenters. The van der Waals surface area contributed by atoms with E-state index >= 15 is 0 Å². The van der Waals surface area contributed by atoms with E-state index < -0.39 is 10.1 Å². The summed E-state index contributed by atoms with van der Waals surface area (Å²) in [6.07, 6.45) is 1.73. The molecule has 0 amide bonds. The van der Waals surface area contributed by atoms with Gasteiger partial charge in [-0.05, 0) is 18.2 Å². The largest absolute Gasteiger partial charge is 0.744 e. The number of rotatable bonds is 4. The fourth-order valence-corrected chi connectivity index (χ4v) is 2.25. The van der Waals surface area contributed by atoms with Crippen LogP contribution in [-0.2, 0) is 21.5 Å². The quantitative estimate of drug-likeness (QED) is 0.477. The molecular weight excluding hydrogens is 318 g/mol. The van der Waals surface area contributed by atoms with Gasteiger partial charge in [-0.3, -0.25) is 9.59 Å². The van der Waals surface area contributed by atoms with Crippen LogP contribution in [0, 0.1) is 0 Å². The zero-order valence-electron chi connectivity index (χ0n) is 12.8. The molecule has 0 saturated carbocycles. The maximum absolute atomic E-state index is 11.1. The number of Topliss-reactive ketones (excluding diaryl/α,β-unsaturated/α-hetero) is 2. The maximum atomic E-state index is 11.1. The molecule has 2 rings (SSSR count). The van der Waals surface area contributed by atoms with Crippen molar-refractivity contribution in [3.63, 3.8) is 0 Å². The minimum absolute atomic E-state index is 0.0261. The molecular formula is C16H17NO5S. The Morgan fingerprint density at radius 1 is 1.00 bits per heavy atom. The Balaban J connectivity index is 0.000000238. The summed E-state index contributed by atoms with van der Waals surface area (Å²) in [4.78, 5) is 21.8. The zero-order valence-corrected chi connectivity index (χ0v) is 13.6. The Bertz CT molecular complexity index is 785. The Morgan fingerprint density at radius 2 is 1.57 bits per heavy atom. The average Bonchev–Trinajstić information content (AvgIpc) is 2.48. The Morgan fingerprint density at radius 3 is 2.00 bits per heavy atom. The van der Waals surface area contributed by atoms with Crippen LogP contribution in [0.1, 0.15) is 24.3 Å². The van der Waals surface area contributed by atoms with Crippen LogP contribution in [0.4, 0.5) is 0 Å². The minimum atomic E-state index is -4.25. The van der Waals surface area contributed by atoms with E-state index in [1.807, 2.05) is 0 Å². The van der Waals surface area contributed by atoms with E-state index in [9.17, 15) is 22.6 Å². The van der Waals surface area contributed by atoms with E-state index in [4.69, 9.17) is 0 Å². The van der Waals surface area contributed by atoms with Gasteiger partial charge in [0.15, 0.2) is 12.0 Å². The summed E-state index contributed by atoms with van der Waals surface area (Å²) < 4.78 is 32.5. The number of carbonyl (C=O) groups excluding carboxylic acids is 2. The Hall–Kier alpha value is -2.38. The first-order valence-corrected chi connectivity index (χ1v) is 8.12. The highest BCUT2D eigenvalue weighted by atomic mass is 32.2. The molecule has 0 aliphatic carbocycles. The first-order chi connectivity index (χ1) is 10.7. The van der Waals surface area contributed by atoms with Gasteiger partial charge in [0.05, 0.1) is 4.90 Å². The Kier molecular flexibility index (Phi) is 6.74. The molecule has 0 unspecified atom stereocenters. The lowest BCUT2D eigenvalue weighted by molar-refractivity contribution is -0.686. The van der Waals surface area contributed by atoms with Gasteiger partial charge < -0.3 is 4.55 Å². The van der Waals surface area contributed by atoms with Gasteiger partial charge in [-0.1, -0.05) is 18.2 Å². The first kappa shape index (κ1) is 18.7. The molecule has 122 valence electrons. The van der Waals surface area contributed by atoms with Crippen LogP contribution in [0.15, 0.2) is 59.6 Å². The molecule has 7 heteroatoms. The second-order valence-corrected chi connectivity index (χ2v) is 6.12. The van der Waals surface area contributed by atoms with Crippen LogP contribution < -0.4 is 4.57 Å². The number of hydrogen-bond donors (Lipinski definition) is 0. The predicted octanol–water partition coefficient (Wildman–Crippen LogP) is 1.36. The van der Waals surface area contributed by atoms with Crippen molar-refractivity contribution >= 4 is 21.7 Å². The molecule has 23 heavy (non-hydrogen) atoms. The van der Waals surface area contributed by atoms with Crippen molar-refractivity contribution in [2.24, 2.45) is 0 Å². The molecule has 1 aromatic heterocycles. The molecule has 0 aliphatic rings. The van der Waals surface area contributed by atoms with E-state index in [-0.39, 0.29) is 23.0 Å². The second-order valence-electron chi connectivity index (χ2n) is 4.74. The molecule has 0 radical (unpaired) electrons. The lowest BCUT2D eigenvalue weighted by Crippen LogP contribution is -2.42. The lowest BCUT2D eigenvalue weighted by Gasteiger charge is -2.04. The summed E-state index contributed by atoms with van der Waals surface area (Å²) >= 11 is 0. The van der Waals surface area contributed by atoms with Crippen LogP contribution in [0.25, 0.3) is 0 Å². The highest BCUT2D eigenvalue weighted by Crippen LogP contribution is 2.05. The van der Waals surface area contributed by atoms with Gasteiger partial charge in [0.1, 0.15) is 10.1 Å². The zero-order chi connectivity index (χ0) is 17.5. The van der Waals surface area contributed by atoms with Crippen LogP contribution in [-0.4, -0.2) is 24.5 Å².